The van der Waals surface area contributed by atoms with E-state index in [1.165, 1.54) is 12.4 Å². The van der Waals surface area contributed by atoms with Crippen molar-refractivity contribution >= 4 is 41.5 Å². The van der Waals surface area contributed by atoms with Gasteiger partial charge in [-0.15, -0.1) is 0 Å². The first-order valence-electron chi connectivity index (χ1n) is 9.82. The van der Waals surface area contributed by atoms with Crippen LogP contribution in [-0.2, 0) is 0 Å². The van der Waals surface area contributed by atoms with E-state index in [2.05, 4.69) is 38.1 Å². The molecule has 1 aliphatic rings. The number of hydrogen-bond donors (Lipinski definition) is 6. The molecular formula is C20H27N9O. The molecule has 0 radical (unpaired) electrons. The van der Waals surface area contributed by atoms with Gasteiger partial charge in [-0.1, -0.05) is 19.4 Å². The van der Waals surface area contributed by atoms with Crippen LogP contribution in [0.4, 0.5) is 23.1 Å². The smallest absolute Gasteiger partial charge is 0.254 e. The Balaban J connectivity index is 1.81. The maximum absolute atomic E-state index is 11.9. The number of hydrogen-bond acceptors (Lipinski definition) is 9. The molecule has 1 heterocycles. The van der Waals surface area contributed by atoms with Crippen LogP contribution >= 0.6 is 0 Å². The zero-order valence-corrected chi connectivity index (χ0v) is 16.8. The Morgan fingerprint density at radius 3 is 2.90 bits per heavy atom. The maximum Gasteiger partial charge on any atom is 0.254 e. The van der Waals surface area contributed by atoms with Crippen LogP contribution in [0.2, 0.25) is 0 Å². The molecule has 8 N–H and O–H groups in total. The van der Waals surface area contributed by atoms with Crippen LogP contribution in [0.1, 0.15) is 36.5 Å². The Morgan fingerprint density at radius 2 is 2.13 bits per heavy atom. The van der Waals surface area contributed by atoms with Gasteiger partial charge in [-0.3, -0.25) is 10.2 Å². The number of aromatic nitrogens is 2. The van der Waals surface area contributed by atoms with Crippen LogP contribution in [0.15, 0.2) is 35.6 Å². The van der Waals surface area contributed by atoms with Gasteiger partial charge in [0.2, 0.25) is 5.95 Å². The van der Waals surface area contributed by atoms with E-state index >= 15 is 0 Å². The molecule has 3 atom stereocenters. The maximum atomic E-state index is 11.9. The lowest BCUT2D eigenvalue weighted by atomic mass is 9.83. The van der Waals surface area contributed by atoms with Crippen LogP contribution < -0.4 is 27.5 Å². The molecule has 1 saturated carbocycles. The Kier molecular flexibility index (Phi) is 6.91. The zero-order valence-electron chi connectivity index (χ0n) is 16.8. The van der Waals surface area contributed by atoms with Gasteiger partial charge < -0.3 is 27.5 Å². The third-order valence-corrected chi connectivity index (χ3v) is 5.13. The van der Waals surface area contributed by atoms with Crippen molar-refractivity contribution in [2.45, 2.75) is 38.3 Å². The van der Waals surface area contributed by atoms with Crippen molar-refractivity contribution in [2.75, 3.05) is 16.1 Å². The molecule has 1 aromatic heterocycles. The number of amides is 1. The van der Waals surface area contributed by atoms with Crippen LogP contribution in [0, 0.1) is 11.3 Å². The summed E-state index contributed by atoms with van der Waals surface area (Å²) in [5.74, 6) is 0.487. The highest BCUT2D eigenvalue weighted by Gasteiger charge is 2.28. The van der Waals surface area contributed by atoms with Gasteiger partial charge in [0.25, 0.3) is 5.91 Å². The van der Waals surface area contributed by atoms with Crippen LogP contribution in [0.5, 0.6) is 0 Å². The third-order valence-electron chi connectivity index (χ3n) is 5.13. The lowest BCUT2D eigenvalue weighted by Crippen LogP contribution is -2.47. The molecule has 30 heavy (non-hydrogen) atoms. The van der Waals surface area contributed by atoms with Crippen molar-refractivity contribution in [3.05, 3.63) is 36.0 Å². The molecule has 1 aliphatic carbocycles. The Labute approximate surface area is 175 Å². The minimum absolute atomic E-state index is 0.0128. The number of carbonyl (C=O) groups excluding carboxylic acids is 1. The number of rotatable bonds is 8. The fourth-order valence-corrected chi connectivity index (χ4v) is 3.45. The van der Waals surface area contributed by atoms with E-state index in [4.69, 9.17) is 16.9 Å². The average Bonchev–Trinajstić information content (AvgIpc) is 2.72. The number of carbonyl (C=O) groups is 1. The fraction of sp³-hybridized carbons (Fsp3) is 0.350. The molecule has 0 bridgehead atoms. The first-order chi connectivity index (χ1) is 14.5. The third kappa shape index (κ3) is 5.29. The Morgan fingerprint density at radius 1 is 1.33 bits per heavy atom. The SMILES string of the molecule is CC1CCC[C@@H](Nc2ncc(C(N)=O)c(Nc3cccc(N/N=C\C=N)c3)n2)[C@H]1N. The second kappa shape index (κ2) is 9.79. The molecule has 1 amide bonds. The molecule has 0 spiro atoms. The number of benzene rings is 1. The fourth-order valence-electron chi connectivity index (χ4n) is 3.45. The van der Waals surface area contributed by atoms with Crippen LogP contribution in [-0.4, -0.2) is 40.4 Å². The van der Waals surface area contributed by atoms with E-state index < -0.39 is 5.91 Å². The first kappa shape index (κ1) is 21.2. The number of anilines is 4. The standard InChI is InChI=1S/C20H27N9O/c1-12-4-2-7-16(17(12)22)27-20-24-11-15(18(23)30)19(28-20)26-13-5-3-6-14(10-13)29-25-9-8-21/h3,5-6,8-12,16-17,21,29H,2,4,7,22H2,1H3,(H2,23,30)(H2,24,26,27,28)/b21-8?,25-9-/t12?,16-,17+/m1/s1. The number of nitrogens with two attached hydrogens (primary N) is 2. The summed E-state index contributed by atoms with van der Waals surface area (Å²) in [6.07, 6.45) is 6.96. The molecule has 0 saturated heterocycles. The first-order valence-corrected chi connectivity index (χ1v) is 9.82. The van der Waals surface area contributed by atoms with Crippen LogP contribution in [0.25, 0.3) is 0 Å². The summed E-state index contributed by atoms with van der Waals surface area (Å²) in [5.41, 5.74) is 16.2. The highest BCUT2D eigenvalue weighted by atomic mass is 16.1. The number of nitrogens with zero attached hydrogens (tertiary/aromatic N) is 3. The van der Waals surface area contributed by atoms with E-state index in [1.54, 1.807) is 6.07 Å². The summed E-state index contributed by atoms with van der Waals surface area (Å²) in [6.45, 7) is 2.15. The van der Waals surface area contributed by atoms with E-state index in [1.807, 2.05) is 18.2 Å². The molecule has 1 fully saturated rings. The lowest BCUT2D eigenvalue weighted by Gasteiger charge is -2.34. The second-order valence-corrected chi connectivity index (χ2v) is 7.32. The van der Waals surface area contributed by atoms with Gasteiger partial charge in [0.1, 0.15) is 11.4 Å². The van der Waals surface area contributed by atoms with Crippen molar-refractivity contribution in [3.8, 4) is 0 Å². The number of nitrogens with one attached hydrogen (secondary N) is 4. The van der Waals surface area contributed by atoms with E-state index in [0.717, 1.165) is 25.5 Å². The summed E-state index contributed by atoms with van der Waals surface area (Å²) < 4.78 is 0. The van der Waals surface area contributed by atoms with Gasteiger partial charge in [-0.2, -0.15) is 10.1 Å². The lowest BCUT2D eigenvalue weighted by molar-refractivity contribution is 0.100. The van der Waals surface area contributed by atoms with Crippen molar-refractivity contribution in [2.24, 2.45) is 22.5 Å². The van der Waals surface area contributed by atoms with Crippen molar-refractivity contribution < 1.29 is 4.79 Å². The highest BCUT2D eigenvalue weighted by molar-refractivity contribution is 6.14. The number of primary amides is 1. The van der Waals surface area contributed by atoms with Crippen molar-refractivity contribution in [3.63, 3.8) is 0 Å². The van der Waals surface area contributed by atoms with Gasteiger partial charge >= 0.3 is 0 Å². The molecule has 1 unspecified atom stereocenters. The average molecular weight is 409 g/mol. The molecule has 10 heteroatoms. The number of hydrazone groups is 1. The second-order valence-electron chi connectivity index (χ2n) is 7.32. The largest absolute Gasteiger partial charge is 0.365 e. The minimum atomic E-state index is -0.628. The van der Waals surface area contributed by atoms with Gasteiger partial charge in [-0.05, 0) is 37.0 Å². The highest BCUT2D eigenvalue weighted by Crippen LogP contribution is 2.26. The van der Waals surface area contributed by atoms with Gasteiger partial charge in [-0.25, -0.2) is 4.98 Å². The molecule has 158 valence electrons. The van der Waals surface area contributed by atoms with Gasteiger partial charge in [0.15, 0.2) is 0 Å². The van der Waals surface area contributed by atoms with E-state index in [0.29, 0.717) is 29.1 Å². The van der Waals surface area contributed by atoms with Crippen molar-refractivity contribution in [1.29, 1.82) is 5.41 Å². The molecule has 10 nitrogen and oxygen atoms in total. The predicted octanol–water partition coefficient (Wildman–Crippen LogP) is 2.29. The molecule has 1 aromatic carbocycles. The Hall–Kier alpha value is -3.53. The monoisotopic (exact) mass is 409 g/mol. The minimum Gasteiger partial charge on any atom is -0.365 e. The summed E-state index contributed by atoms with van der Waals surface area (Å²) in [7, 11) is 0. The summed E-state index contributed by atoms with van der Waals surface area (Å²) in [4.78, 5) is 20.6. The normalized spacial score (nSPS) is 21.2. The molecular weight excluding hydrogens is 382 g/mol. The topological polar surface area (TPSA) is 167 Å². The summed E-state index contributed by atoms with van der Waals surface area (Å²) >= 11 is 0. The quantitative estimate of drug-likeness (QED) is 0.287. The van der Waals surface area contributed by atoms with Gasteiger partial charge in [0, 0.05) is 30.2 Å². The predicted molar refractivity (Wildman–Crippen MR) is 120 cm³/mol. The van der Waals surface area contributed by atoms with Crippen LogP contribution in [0.3, 0.4) is 0 Å². The van der Waals surface area contributed by atoms with Gasteiger partial charge in [0.05, 0.1) is 11.9 Å². The zero-order chi connectivity index (χ0) is 21.5. The molecule has 3 rings (SSSR count). The van der Waals surface area contributed by atoms with E-state index in [9.17, 15) is 4.79 Å². The van der Waals surface area contributed by atoms with E-state index in [-0.39, 0.29) is 17.6 Å². The molecule has 2 aromatic rings. The Bertz CT molecular complexity index is 930. The summed E-state index contributed by atoms with van der Waals surface area (Å²) in [6, 6.07) is 7.33. The van der Waals surface area contributed by atoms with Crippen molar-refractivity contribution in [1.82, 2.24) is 9.97 Å². The molecule has 0 aliphatic heterocycles. The summed E-state index contributed by atoms with van der Waals surface area (Å²) in [5, 5.41) is 17.3.